The van der Waals surface area contributed by atoms with Gasteiger partial charge >= 0.3 is 0 Å². The summed E-state index contributed by atoms with van der Waals surface area (Å²) in [6.07, 6.45) is 3.94. The molecular formula is C29H29ClN6O5. The van der Waals surface area contributed by atoms with Crippen molar-refractivity contribution in [3.05, 3.63) is 76.5 Å². The number of carbonyl (C=O) groups excluding carboxylic acids is 2. The molecular weight excluding hydrogens is 548 g/mol. The summed E-state index contributed by atoms with van der Waals surface area (Å²) >= 11 is 6.18. The molecule has 0 saturated heterocycles. The lowest BCUT2D eigenvalue weighted by molar-refractivity contribution is -0.142. The molecule has 2 amide bonds. The van der Waals surface area contributed by atoms with Crippen LogP contribution in [0.1, 0.15) is 48.6 Å². The van der Waals surface area contributed by atoms with E-state index in [1.807, 2.05) is 19.1 Å². The minimum absolute atomic E-state index is 0.0658. The molecule has 3 heterocycles. The lowest BCUT2D eigenvalue weighted by Gasteiger charge is -2.32. The van der Waals surface area contributed by atoms with Gasteiger partial charge in [-0.3, -0.25) is 9.59 Å². The smallest absolute Gasteiger partial charge is 0.247 e. The number of hydrogen-bond acceptors (Lipinski definition) is 8. The molecule has 1 N–H and O–H groups in total. The maximum absolute atomic E-state index is 14.0. The zero-order chi connectivity index (χ0) is 28.3. The van der Waals surface area contributed by atoms with E-state index in [4.69, 9.17) is 25.5 Å². The van der Waals surface area contributed by atoms with E-state index in [0.29, 0.717) is 33.6 Å². The highest BCUT2D eigenvalue weighted by molar-refractivity contribution is 6.30. The number of halogens is 1. The van der Waals surface area contributed by atoms with E-state index in [2.05, 4.69) is 20.7 Å². The summed E-state index contributed by atoms with van der Waals surface area (Å²) in [6.45, 7) is 1.84. The Balaban J connectivity index is 1.33. The summed E-state index contributed by atoms with van der Waals surface area (Å²) in [5.41, 5.74) is 1.41. The number of aryl methyl sites for hydroxylation is 1. The van der Waals surface area contributed by atoms with Crippen LogP contribution in [-0.4, -0.2) is 49.8 Å². The summed E-state index contributed by atoms with van der Waals surface area (Å²) in [7, 11) is 0. The quantitative estimate of drug-likeness (QED) is 0.310. The minimum Gasteiger partial charge on any atom is -0.458 e. The molecule has 12 heteroatoms. The molecule has 2 aliphatic rings. The van der Waals surface area contributed by atoms with Gasteiger partial charge in [0.05, 0.1) is 0 Å². The molecule has 1 saturated carbocycles. The van der Waals surface area contributed by atoms with Crippen molar-refractivity contribution in [1.82, 2.24) is 30.4 Å². The fraction of sp³-hybridized carbons (Fsp3) is 0.345. The average molecular weight is 577 g/mol. The van der Waals surface area contributed by atoms with Crippen molar-refractivity contribution in [1.29, 1.82) is 0 Å². The summed E-state index contributed by atoms with van der Waals surface area (Å²) in [5, 5.41) is 16.2. The van der Waals surface area contributed by atoms with Crippen molar-refractivity contribution in [3.8, 4) is 23.1 Å². The van der Waals surface area contributed by atoms with Crippen molar-refractivity contribution in [2.75, 3.05) is 6.79 Å². The highest BCUT2D eigenvalue weighted by atomic mass is 35.5. The Morgan fingerprint density at radius 2 is 1.85 bits per heavy atom. The highest BCUT2D eigenvalue weighted by Gasteiger charge is 2.34. The molecule has 0 bridgehead atoms. The fourth-order valence-corrected chi connectivity index (χ4v) is 5.33. The molecule has 11 nitrogen and oxygen atoms in total. The molecule has 2 aromatic heterocycles. The topological polar surface area (TPSA) is 125 Å². The van der Waals surface area contributed by atoms with E-state index < -0.39 is 6.04 Å². The number of carbonyl (C=O) groups is 2. The predicted octanol–water partition coefficient (Wildman–Crippen LogP) is 4.45. The van der Waals surface area contributed by atoms with Gasteiger partial charge in [-0.2, -0.15) is 4.80 Å². The zero-order valence-corrected chi connectivity index (χ0v) is 23.2. The van der Waals surface area contributed by atoms with Crippen molar-refractivity contribution < 1.29 is 23.5 Å². The van der Waals surface area contributed by atoms with E-state index >= 15 is 0 Å². The van der Waals surface area contributed by atoms with Crippen molar-refractivity contribution in [2.24, 2.45) is 0 Å². The SMILES string of the molecule is Cc1ccc(-c2nnn(CC(=O)N(Cc3ccc4c(c3)OCO4)[C@H](C(=O)NC3CCCC3)c3ccc(Cl)cc3)n2)o1. The number of fused-ring (bicyclic) bond motifs is 1. The van der Waals surface area contributed by atoms with Crippen LogP contribution in [0.4, 0.5) is 0 Å². The first kappa shape index (κ1) is 26.8. The van der Waals surface area contributed by atoms with Gasteiger partial charge in [0.2, 0.25) is 24.4 Å². The van der Waals surface area contributed by atoms with Crippen LogP contribution in [0.15, 0.2) is 59.0 Å². The first-order valence-corrected chi connectivity index (χ1v) is 13.9. The molecule has 2 aromatic carbocycles. The van der Waals surface area contributed by atoms with Crippen LogP contribution < -0.4 is 14.8 Å². The summed E-state index contributed by atoms with van der Waals surface area (Å²) in [6, 6.07) is 15.1. The lowest BCUT2D eigenvalue weighted by Crippen LogP contribution is -2.46. The number of nitrogens with zero attached hydrogens (tertiary/aromatic N) is 5. The molecule has 1 aliphatic carbocycles. The van der Waals surface area contributed by atoms with E-state index in [9.17, 15) is 9.59 Å². The second-order valence-corrected chi connectivity index (χ2v) is 10.6. The second kappa shape index (κ2) is 11.6. The predicted molar refractivity (Wildman–Crippen MR) is 148 cm³/mol. The summed E-state index contributed by atoms with van der Waals surface area (Å²) in [4.78, 5) is 30.7. The largest absolute Gasteiger partial charge is 0.458 e. The van der Waals surface area contributed by atoms with Gasteiger partial charge in [-0.05, 0) is 72.5 Å². The van der Waals surface area contributed by atoms with Crippen molar-refractivity contribution in [2.45, 2.75) is 57.8 Å². The zero-order valence-electron chi connectivity index (χ0n) is 22.5. The number of benzene rings is 2. The van der Waals surface area contributed by atoms with Crippen LogP contribution in [0.5, 0.6) is 11.5 Å². The van der Waals surface area contributed by atoms with Crippen molar-refractivity contribution >= 4 is 23.4 Å². The number of ether oxygens (including phenoxy) is 2. The van der Waals surface area contributed by atoms with E-state index in [0.717, 1.165) is 31.2 Å². The van der Waals surface area contributed by atoms with Gasteiger partial charge < -0.3 is 24.1 Å². The third-order valence-corrected chi connectivity index (χ3v) is 7.50. The first-order valence-electron chi connectivity index (χ1n) is 13.5. The van der Waals surface area contributed by atoms with Gasteiger partial charge in [0.1, 0.15) is 18.3 Å². The molecule has 212 valence electrons. The van der Waals surface area contributed by atoms with Crippen LogP contribution in [0.25, 0.3) is 11.6 Å². The number of aromatic nitrogens is 4. The maximum Gasteiger partial charge on any atom is 0.247 e. The van der Waals surface area contributed by atoms with Crippen LogP contribution in [0, 0.1) is 6.92 Å². The molecule has 0 unspecified atom stereocenters. The summed E-state index contributed by atoms with van der Waals surface area (Å²) < 4.78 is 16.6. The van der Waals surface area contributed by atoms with Crippen molar-refractivity contribution in [3.63, 3.8) is 0 Å². The van der Waals surface area contributed by atoms with E-state index in [1.165, 1.54) is 9.70 Å². The lowest BCUT2D eigenvalue weighted by atomic mass is 10.0. The molecule has 4 aromatic rings. The minimum atomic E-state index is -0.929. The normalized spacial score (nSPS) is 15.2. The molecule has 0 radical (unpaired) electrons. The van der Waals surface area contributed by atoms with E-state index in [1.54, 1.807) is 42.5 Å². The van der Waals surface area contributed by atoms with Crippen LogP contribution in [-0.2, 0) is 22.7 Å². The Kier molecular flexibility index (Phi) is 7.60. The van der Waals surface area contributed by atoms with Gasteiger partial charge in [-0.25, -0.2) is 0 Å². The Morgan fingerprint density at radius 3 is 2.61 bits per heavy atom. The second-order valence-electron chi connectivity index (χ2n) is 10.2. The monoisotopic (exact) mass is 576 g/mol. The molecule has 1 atom stereocenters. The Bertz CT molecular complexity index is 1550. The third kappa shape index (κ3) is 6.04. The van der Waals surface area contributed by atoms with Gasteiger partial charge in [0.15, 0.2) is 17.3 Å². The standard InChI is InChI=1S/C29H29ClN6O5/c1-18-6-12-24(41-18)28-32-34-36(33-28)16-26(37)35(15-19-7-13-23-25(14-19)40-17-39-23)27(20-8-10-21(30)11-9-20)29(38)31-22-4-2-3-5-22/h6-14,22,27H,2-5,15-17H2,1H3,(H,31,38)/t27-/m0/s1. The van der Waals surface area contributed by atoms with Crippen LogP contribution in [0.2, 0.25) is 5.02 Å². The van der Waals surface area contributed by atoms with Gasteiger partial charge in [-0.15, -0.1) is 10.2 Å². The molecule has 1 aliphatic heterocycles. The number of rotatable bonds is 9. The number of nitrogens with one attached hydrogen (secondary N) is 1. The number of furan rings is 1. The molecule has 41 heavy (non-hydrogen) atoms. The Morgan fingerprint density at radius 1 is 1.07 bits per heavy atom. The Hall–Kier alpha value is -4.38. The van der Waals surface area contributed by atoms with Gasteiger partial charge in [0, 0.05) is 17.6 Å². The average Bonchev–Trinajstić information content (AvgIpc) is 3.77. The molecule has 6 rings (SSSR count). The molecule has 1 fully saturated rings. The van der Waals surface area contributed by atoms with Gasteiger partial charge in [-0.1, -0.05) is 42.6 Å². The number of amides is 2. The first-order chi connectivity index (χ1) is 19.9. The third-order valence-electron chi connectivity index (χ3n) is 7.25. The summed E-state index contributed by atoms with van der Waals surface area (Å²) in [5.74, 6) is 2.02. The van der Waals surface area contributed by atoms with E-state index in [-0.39, 0.29) is 43.6 Å². The van der Waals surface area contributed by atoms with Gasteiger partial charge in [0.25, 0.3) is 0 Å². The Labute approximate surface area is 241 Å². The molecule has 0 spiro atoms. The van der Waals surface area contributed by atoms with Crippen LogP contribution >= 0.6 is 11.6 Å². The number of tetrazole rings is 1. The fourth-order valence-electron chi connectivity index (χ4n) is 5.20. The number of hydrogen-bond donors (Lipinski definition) is 1. The highest BCUT2D eigenvalue weighted by Crippen LogP contribution is 2.34. The van der Waals surface area contributed by atoms with Crippen LogP contribution in [0.3, 0.4) is 0 Å². The maximum atomic E-state index is 14.0.